The maximum atomic E-state index is 11.9. The second-order valence-corrected chi connectivity index (χ2v) is 4.68. The number of hydrogen-bond acceptors (Lipinski definition) is 5. The molecule has 1 unspecified atom stereocenters. The van der Waals surface area contributed by atoms with Crippen LogP contribution in [0.1, 0.15) is 25.3 Å². The van der Waals surface area contributed by atoms with Crippen LogP contribution in [0.2, 0.25) is 0 Å². The van der Waals surface area contributed by atoms with Gasteiger partial charge in [0.15, 0.2) is 0 Å². The third-order valence-corrected chi connectivity index (χ3v) is 3.13. The summed E-state index contributed by atoms with van der Waals surface area (Å²) in [5.74, 6) is -0.357. The van der Waals surface area contributed by atoms with Gasteiger partial charge in [0, 0.05) is 31.0 Å². The summed E-state index contributed by atoms with van der Waals surface area (Å²) in [6.07, 6.45) is 1.73. The maximum Gasteiger partial charge on any atom is 0.274 e. The first-order valence-corrected chi connectivity index (χ1v) is 6.82. The van der Waals surface area contributed by atoms with E-state index in [2.05, 4.69) is 5.32 Å². The number of nitro groups is 1. The summed E-state index contributed by atoms with van der Waals surface area (Å²) in [5, 5.41) is 13.6. The predicted molar refractivity (Wildman–Crippen MR) is 80.2 cm³/mol. The zero-order valence-electron chi connectivity index (χ0n) is 12.3. The molecule has 0 aliphatic rings. The summed E-state index contributed by atoms with van der Waals surface area (Å²) in [6.45, 7) is 2.38. The third kappa shape index (κ3) is 5.13. The number of nitro benzene ring substituents is 1. The highest BCUT2D eigenvalue weighted by Gasteiger charge is 2.17. The molecule has 0 fully saturated rings. The minimum Gasteiger partial charge on any atom is -0.385 e. The van der Waals surface area contributed by atoms with Crippen molar-refractivity contribution in [2.75, 3.05) is 19.0 Å². The first-order valence-electron chi connectivity index (χ1n) is 6.82. The quantitative estimate of drug-likeness (QED) is 0.432. The average molecular weight is 295 g/mol. The van der Waals surface area contributed by atoms with E-state index in [1.54, 1.807) is 19.2 Å². The Morgan fingerprint density at radius 3 is 2.81 bits per heavy atom. The number of aryl methyl sites for hydroxylation is 1. The number of nitrogens with two attached hydrogens (primary N) is 1. The number of methoxy groups -OCH3 is 1. The normalized spacial score (nSPS) is 12.0. The van der Waals surface area contributed by atoms with E-state index >= 15 is 0 Å². The predicted octanol–water partition coefficient (Wildman–Crippen LogP) is 1.85. The molecule has 0 radical (unpaired) electrons. The molecule has 0 spiro atoms. The van der Waals surface area contributed by atoms with Crippen LogP contribution in [0.15, 0.2) is 18.2 Å². The average Bonchev–Trinajstić information content (AvgIpc) is 2.47. The Labute approximate surface area is 123 Å². The molecule has 3 N–H and O–H groups in total. The number of carbonyl (C=O) groups excluding carboxylic acids is 1. The highest BCUT2D eigenvalue weighted by Crippen LogP contribution is 2.23. The lowest BCUT2D eigenvalue weighted by molar-refractivity contribution is -0.385. The molecule has 0 saturated carbocycles. The van der Waals surface area contributed by atoms with Crippen LogP contribution in [0.3, 0.4) is 0 Å². The van der Waals surface area contributed by atoms with E-state index in [-0.39, 0.29) is 11.6 Å². The molecular formula is C14H21N3O4. The summed E-state index contributed by atoms with van der Waals surface area (Å²) >= 11 is 0. The number of nitrogens with one attached hydrogen (secondary N) is 1. The monoisotopic (exact) mass is 295 g/mol. The topological polar surface area (TPSA) is 107 Å². The van der Waals surface area contributed by atoms with E-state index in [9.17, 15) is 14.9 Å². The molecule has 0 aliphatic carbocycles. The van der Waals surface area contributed by atoms with Gasteiger partial charge in [-0.25, -0.2) is 0 Å². The Kier molecular flexibility index (Phi) is 6.77. The van der Waals surface area contributed by atoms with Gasteiger partial charge in [-0.2, -0.15) is 0 Å². The summed E-state index contributed by atoms with van der Waals surface area (Å²) in [6, 6.07) is 3.99. The fourth-order valence-corrected chi connectivity index (χ4v) is 1.92. The van der Waals surface area contributed by atoms with E-state index in [0.717, 1.165) is 0 Å². The first kappa shape index (κ1) is 17.1. The molecule has 116 valence electrons. The molecule has 0 heterocycles. The van der Waals surface area contributed by atoms with Gasteiger partial charge in [-0.15, -0.1) is 0 Å². The van der Waals surface area contributed by atoms with Gasteiger partial charge < -0.3 is 15.8 Å². The van der Waals surface area contributed by atoms with Crippen molar-refractivity contribution in [2.24, 2.45) is 5.73 Å². The molecule has 7 heteroatoms. The summed E-state index contributed by atoms with van der Waals surface area (Å²) in [4.78, 5) is 22.4. The fraction of sp³-hybridized carbons (Fsp3) is 0.500. The van der Waals surface area contributed by atoms with Crippen molar-refractivity contribution < 1.29 is 14.5 Å². The van der Waals surface area contributed by atoms with E-state index in [4.69, 9.17) is 10.5 Å². The fourth-order valence-electron chi connectivity index (χ4n) is 1.92. The maximum absolute atomic E-state index is 11.9. The van der Waals surface area contributed by atoms with Crippen LogP contribution in [0.5, 0.6) is 0 Å². The van der Waals surface area contributed by atoms with Crippen molar-refractivity contribution in [3.63, 3.8) is 0 Å². The summed E-state index contributed by atoms with van der Waals surface area (Å²) in [5.41, 5.74) is 6.77. The van der Waals surface area contributed by atoms with Gasteiger partial charge in [0.05, 0.1) is 11.0 Å². The standard InChI is InChI=1S/C14H21N3O4/c1-3-10-6-7-11(9-13(10)17(19)20)16-14(18)12(15)5-4-8-21-2/h6-7,9,12H,3-5,8,15H2,1-2H3,(H,16,18). The van der Waals surface area contributed by atoms with Gasteiger partial charge in [0.1, 0.15) is 0 Å². The van der Waals surface area contributed by atoms with Gasteiger partial charge in [-0.1, -0.05) is 13.0 Å². The van der Waals surface area contributed by atoms with Gasteiger partial charge in [0.2, 0.25) is 5.91 Å². The van der Waals surface area contributed by atoms with E-state index in [1.807, 2.05) is 6.92 Å². The lowest BCUT2D eigenvalue weighted by atomic mass is 10.1. The van der Waals surface area contributed by atoms with Crippen LogP contribution in [0.4, 0.5) is 11.4 Å². The van der Waals surface area contributed by atoms with E-state index < -0.39 is 11.0 Å². The van der Waals surface area contributed by atoms with Gasteiger partial charge in [-0.05, 0) is 25.3 Å². The number of rotatable bonds is 8. The molecule has 7 nitrogen and oxygen atoms in total. The van der Waals surface area contributed by atoms with Crippen LogP contribution in [0.25, 0.3) is 0 Å². The zero-order valence-corrected chi connectivity index (χ0v) is 12.3. The van der Waals surface area contributed by atoms with Crippen molar-refractivity contribution in [3.8, 4) is 0 Å². The molecule has 1 amide bonds. The van der Waals surface area contributed by atoms with Crippen molar-refractivity contribution in [1.82, 2.24) is 0 Å². The molecule has 0 saturated heterocycles. The minimum atomic E-state index is -0.662. The lowest BCUT2D eigenvalue weighted by Crippen LogP contribution is -2.35. The van der Waals surface area contributed by atoms with E-state index in [0.29, 0.717) is 37.1 Å². The highest BCUT2D eigenvalue weighted by atomic mass is 16.6. The number of anilines is 1. The van der Waals surface area contributed by atoms with Crippen LogP contribution in [-0.4, -0.2) is 30.6 Å². The molecule has 0 aromatic heterocycles. The van der Waals surface area contributed by atoms with Crippen LogP contribution in [-0.2, 0) is 16.0 Å². The Morgan fingerprint density at radius 2 is 2.24 bits per heavy atom. The number of hydrogen-bond donors (Lipinski definition) is 2. The molecule has 0 aliphatic heterocycles. The van der Waals surface area contributed by atoms with Crippen molar-refractivity contribution in [1.29, 1.82) is 0 Å². The van der Waals surface area contributed by atoms with Gasteiger partial charge >= 0.3 is 0 Å². The smallest absolute Gasteiger partial charge is 0.274 e. The number of carbonyl (C=O) groups is 1. The number of ether oxygens (including phenoxy) is 1. The largest absolute Gasteiger partial charge is 0.385 e. The molecule has 1 aromatic rings. The summed E-state index contributed by atoms with van der Waals surface area (Å²) in [7, 11) is 1.58. The van der Waals surface area contributed by atoms with Crippen LogP contribution < -0.4 is 11.1 Å². The third-order valence-electron chi connectivity index (χ3n) is 3.13. The second kappa shape index (κ2) is 8.33. The van der Waals surface area contributed by atoms with Crippen molar-refractivity contribution >= 4 is 17.3 Å². The molecule has 1 aromatic carbocycles. The van der Waals surface area contributed by atoms with Gasteiger partial charge in [-0.3, -0.25) is 14.9 Å². The molecule has 0 bridgehead atoms. The Morgan fingerprint density at radius 1 is 1.52 bits per heavy atom. The number of benzene rings is 1. The summed E-state index contributed by atoms with van der Waals surface area (Å²) < 4.78 is 4.90. The minimum absolute atomic E-state index is 0.00301. The van der Waals surface area contributed by atoms with Crippen LogP contribution in [0, 0.1) is 10.1 Å². The first-order chi connectivity index (χ1) is 9.99. The van der Waals surface area contributed by atoms with Crippen molar-refractivity contribution in [3.05, 3.63) is 33.9 Å². The van der Waals surface area contributed by atoms with Crippen LogP contribution >= 0.6 is 0 Å². The Bertz CT molecular complexity index is 505. The molecular weight excluding hydrogens is 274 g/mol. The van der Waals surface area contributed by atoms with E-state index in [1.165, 1.54) is 6.07 Å². The number of nitrogens with zero attached hydrogens (tertiary/aromatic N) is 1. The molecule has 1 atom stereocenters. The zero-order chi connectivity index (χ0) is 15.8. The van der Waals surface area contributed by atoms with Crippen molar-refractivity contribution in [2.45, 2.75) is 32.2 Å². The Hall–Kier alpha value is -1.99. The highest BCUT2D eigenvalue weighted by molar-refractivity contribution is 5.94. The molecule has 1 rings (SSSR count). The number of amides is 1. The lowest BCUT2D eigenvalue weighted by Gasteiger charge is -2.12. The molecule has 21 heavy (non-hydrogen) atoms. The van der Waals surface area contributed by atoms with Gasteiger partial charge in [0.25, 0.3) is 5.69 Å². The second-order valence-electron chi connectivity index (χ2n) is 4.68. The Balaban J connectivity index is 2.72. The SMILES string of the molecule is CCc1ccc(NC(=O)C(N)CCCOC)cc1[N+](=O)[O-].